The van der Waals surface area contributed by atoms with Crippen molar-refractivity contribution in [2.24, 2.45) is 0 Å². The zero-order valence-electron chi connectivity index (χ0n) is 10.0. The molecule has 2 amide bonds. The van der Waals surface area contributed by atoms with Gasteiger partial charge in [0.05, 0.1) is 10.6 Å². The lowest BCUT2D eigenvalue weighted by Crippen LogP contribution is -2.39. The number of aryl methyl sites for hydroxylation is 1. The first-order valence-corrected chi connectivity index (χ1v) is 6.66. The van der Waals surface area contributed by atoms with Crippen molar-refractivity contribution in [1.29, 1.82) is 0 Å². The fourth-order valence-electron chi connectivity index (χ4n) is 1.36. The second kappa shape index (κ2) is 5.13. The number of nitrogens with two attached hydrogens (primary N) is 1. The van der Waals surface area contributed by atoms with Crippen molar-refractivity contribution in [2.45, 2.75) is 18.7 Å². The Morgan fingerprint density at radius 2 is 2.06 bits per heavy atom. The van der Waals surface area contributed by atoms with Crippen LogP contribution in [0.3, 0.4) is 0 Å². The summed E-state index contributed by atoms with van der Waals surface area (Å²) < 4.78 is 25.6. The maximum atomic E-state index is 11.9. The Hall–Kier alpha value is -1.96. The first-order chi connectivity index (χ1) is 8.27. The minimum absolute atomic E-state index is 0.0736. The van der Waals surface area contributed by atoms with Gasteiger partial charge in [-0.2, -0.15) is 0 Å². The van der Waals surface area contributed by atoms with Crippen molar-refractivity contribution in [1.82, 2.24) is 10.0 Å². The summed E-state index contributed by atoms with van der Waals surface area (Å²) in [6, 6.07) is 1.50. The molecule has 0 saturated carbocycles. The SMILES string of the molecule is CCNC(=O)NS(=O)(=O)c1cc(O)c(N)cc1C. The lowest BCUT2D eigenvalue weighted by atomic mass is 10.2. The third kappa shape index (κ3) is 3.04. The molecule has 0 aliphatic carbocycles. The van der Waals surface area contributed by atoms with Gasteiger partial charge in [0.15, 0.2) is 0 Å². The van der Waals surface area contributed by atoms with Gasteiger partial charge in [-0.15, -0.1) is 0 Å². The second-order valence-electron chi connectivity index (χ2n) is 3.64. The Balaban J connectivity index is 3.13. The molecule has 0 bridgehead atoms. The van der Waals surface area contributed by atoms with Crippen LogP contribution in [0.25, 0.3) is 0 Å². The van der Waals surface area contributed by atoms with Gasteiger partial charge in [-0.25, -0.2) is 17.9 Å². The number of benzene rings is 1. The Labute approximate surface area is 105 Å². The number of sulfonamides is 1. The van der Waals surface area contributed by atoms with Gasteiger partial charge in [-0.1, -0.05) is 0 Å². The standard InChI is InChI=1S/C10H15N3O4S/c1-3-12-10(15)13-18(16,17)9-5-8(14)7(11)4-6(9)2/h4-5,14H,3,11H2,1-2H3,(H2,12,13,15). The van der Waals surface area contributed by atoms with Crippen LogP contribution in [0.1, 0.15) is 12.5 Å². The maximum Gasteiger partial charge on any atom is 0.328 e. The Bertz CT molecular complexity index is 569. The second-order valence-corrected chi connectivity index (χ2v) is 5.29. The van der Waals surface area contributed by atoms with Crippen LogP contribution in [-0.2, 0) is 10.0 Å². The van der Waals surface area contributed by atoms with Crippen molar-refractivity contribution in [3.8, 4) is 5.75 Å². The van der Waals surface area contributed by atoms with E-state index in [9.17, 15) is 18.3 Å². The van der Waals surface area contributed by atoms with Gasteiger partial charge in [0.25, 0.3) is 10.0 Å². The molecular weight excluding hydrogens is 258 g/mol. The number of anilines is 1. The number of urea groups is 1. The molecule has 1 rings (SSSR count). The van der Waals surface area contributed by atoms with Crippen LogP contribution in [0.4, 0.5) is 10.5 Å². The van der Waals surface area contributed by atoms with E-state index in [-0.39, 0.29) is 16.3 Å². The summed E-state index contributed by atoms with van der Waals surface area (Å²) in [5.74, 6) is -0.350. The molecule has 7 nitrogen and oxygen atoms in total. The van der Waals surface area contributed by atoms with Crippen molar-refractivity contribution < 1.29 is 18.3 Å². The largest absolute Gasteiger partial charge is 0.506 e. The molecular formula is C10H15N3O4S. The Morgan fingerprint density at radius 1 is 1.44 bits per heavy atom. The van der Waals surface area contributed by atoms with Crippen molar-refractivity contribution in [3.63, 3.8) is 0 Å². The molecule has 1 aromatic carbocycles. The highest BCUT2D eigenvalue weighted by atomic mass is 32.2. The summed E-state index contributed by atoms with van der Waals surface area (Å²) in [7, 11) is -4.03. The number of carbonyl (C=O) groups is 1. The van der Waals surface area contributed by atoms with Gasteiger partial charge in [0.1, 0.15) is 5.75 Å². The van der Waals surface area contributed by atoms with Crippen LogP contribution in [0.2, 0.25) is 0 Å². The van der Waals surface area contributed by atoms with E-state index in [0.717, 1.165) is 6.07 Å². The highest BCUT2D eigenvalue weighted by Crippen LogP contribution is 2.27. The van der Waals surface area contributed by atoms with Gasteiger partial charge < -0.3 is 16.2 Å². The smallest absolute Gasteiger partial charge is 0.328 e. The molecule has 0 unspecified atom stereocenters. The molecule has 8 heteroatoms. The monoisotopic (exact) mass is 273 g/mol. The number of amides is 2. The summed E-state index contributed by atoms with van der Waals surface area (Å²) in [5, 5.41) is 11.7. The quantitative estimate of drug-likeness (QED) is 0.466. The number of phenolic OH excluding ortho intramolecular Hbond substituents is 1. The average Bonchev–Trinajstić information content (AvgIpc) is 2.22. The van der Waals surface area contributed by atoms with Gasteiger partial charge in [-0.05, 0) is 25.5 Å². The van der Waals surface area contributed by atoms with Gasteiger partial charge in [0, 0.05) is 12.6 Å². The van der Waals surface area contributed by atoms with E-state index < -0.39 is 16.1 Å². The first kappa shape index (κ1) is 14.1. The van der Waals surface area contributed by atoms with E-state index in [1.165, 1.54) is 13.0 Å². The molecule has 0 spiro atoms. The molecule has 100 valence electrons. The summed E-state index contributed by atoms with van der Waals surface area (Å²) in [6.07, 6.45) is 0. The zero-order valence-corrected chi connectivity index (χ0v) is 10.8. The van der Waals surface area contributed by atoms with E-state index in [2.05, 4.69) is 5.32 Å². The molecule has 0 aromatic heterocycles. The molecule has 0 radical (unpaired) electrons. The molecule has 1 aromatic rings. The molecule has 5 N–H and O–H groups in total. The van der Waals surface area contributed by atoms with Crippen molar-refractivity contribution in [3.05, 3.63) is 17.7 Å². The predicted molar refractivity (Wildman–Crippen MR) is 66.7 cm³/mol. The van der Waals surface area contributed by atoms with Crippen LogP contribution < -0.4 is 15.8 Å². The average molecular weight is 273 g/mol. The van der Waals surface area contributed by atoms with E-state index in [1.807, 2.05) is 4.72 Å². The molecule has 0 aliphatic rings. The van der Waals surface area contributed by atoms with E-state index in [1.54, 1.807) is 6.92 Å². The fourth-order valence-corrected chi connectivity index (χ4v) is 2.54. The summed E-state index contributed by atoms with van der Waals surface area (Å²) in [4.78, 5) is 11.0. The number of nitrogen functional groups attached to an aromatic ring is 1. The molecule has 0 fully saturated rings. The first-order valence-electron chi connectivity index (χ1n) is 5.17. The van der Waals surface area contributed by atoms with E-state index in [0.29, 0.717) is 12.1 Å². The predicted octanol–water partition coefficient (Wildman–Crippen LogP) is 0.291. The number of rotatable bonds is 3. The van der Waals surface area contributed by atoms with Crippen molar-refractivity contribution >= 4 is 21.7 Å². The zero-order chi connectivity index (χ0) is 13.9. The molecule has 18 heavy (non-hydrogen) atoms. The highest BCUT2D eigenvalue weighted by molar-refractivity contribution is 7.90. The number of carbonyl (C=O) groups excluding carboxylic acids is 1. The molecule has 0 saturated heterocycles. The number of hydrogen-bond acceptors (Lipinski definition) is 5. The van der Waals surface area contributed by atoms with Crippen LogP contribution in [0, 0.1) is 6.92 Å². The van der Waals surface area contributed by atoms with Crippen LogP contribution >= 0.6 is 0 Å². The van der Waals surface area contributed by atoms with Crippen molar-refractivity contribution in [2.75, 3.05) is 12.3 Å². The van der Waals surface area contributed by atoms with Crippen LogP contribution in [0.5, 0.6) is 5.75 Å². The molecule has 0 atom stereocenters. The number of hydrogen-bond donors (Lipinski definition) is 4. The normalized spacial score (nSPS) is 11.0. The minimum Gasteiger partial charge on any atom is -0.506 e. The van der Waals surface area contributed by atoms with Gasteiger partial charge >= 0.3 is 6.03 Å². The maximum absolute atomic E-state index is 11.9. The highest BCUT2D eigenvalue weighted by Gasteiger charge is 2.21. The summed E-state index contributed by atoms with van der Waals surface area (Å²) >= 11 is 0. The summed E-state index contributed by atoms with van der Waals surface area (Å²) in [6.45, 7) is 3.47. The summed E-state index contributed by atoms with van der Waals surface area (Å²) in [5.41, 5.74) is 5.85. The number of nitrogens with one attached hydrogen (secondary N) is 2. The lowest BCUT2D eigenvalue weighted by molar-refractivity contribution is 0.246. The fraction of sp³-hybridized carbons (Fsp3) is 0.300. The van der Waals surface area contributed by atoms with Gasteiger partial charge in [0.2, 0.25) is 0 Å². The lowest BCUT2D eigenvalue weighted by Gasteiger charge is -2.11. The van der Waals surface area contributed by atoms with Gasteiger partial charge in [-0.3, -0.25) is 0 Å². The van der Waals surface area contributed by atoms with E-state index in [4.69, 9.17) is 5.73 Å². The third-order valence-corrected chi connectivity index (χ3v) is 3.65. The minimum atomic E-state index is -4.03. The third-order valence-electron chi connectivity index (χ3n) is 2.18. The topological polar surface area (TPSA) is 122 Å². The van der Waals surface area contributed by atoms with Crippen LogP contribution in [-0.4, -0.2) is 26.1 Å². The molecule has 0 aliphatic heterocycles. The number of phenols is 1. The number of aromatic hydroxyl groups is 1. The molecule has 0 heterocycles. The van der Waals surface area contributed by atoms with E-state index >= 15 is 0 Å². The Morgan fingerprint density at radius 3 is 2.61 bits per heavy atom. The van der Waals surface area contributed by atoms with Crippen LogP contribution in [0.15, 0.2) is 17.0 Å². The Kier molecular flexibility index (Phi) is 4.02.